The first-order valence-electron chi connectivity index (χ1n) is 11.0. The lowest BCUT2D eigenvalue weighted by Crippen LogP contribution is -2.26. The molecule has 0 unspecified atom stereocenters. The molecule has 1 saturated heterocycles. The lowest BCUT2D eigenvalue weighted by atomic mass is 9.95. The van der Waals surface area contributed by atoms with Gasteiger partial charge in [-0.25, -0.2) is 14.4 Å². The molecule has 170 valence electrons. The van der Waals surface area contributed by atoms with Gasteiger partial charge in [-0.3, -0.25) is 9.58 Å². The van der Waals surface area contributed by atoms with E-state index in [0.29, 0.717) is 11.5 Å². The molecule has 33 heavy (non-hydrogen) atoms. The van der Waals surface area contributed by atoms with E-state index >= 15 is 0 Å². The van der Waals surface area contributed by atoms with Crippen molar-refractivity contribution in [2.24, 2.45) is 0 Å². The minimum atomic E-state index is -0.451. The van der Waals surface area contributed by atoms with E-state index in [-0.39, 0.29) is 11.1 Å². The standard InChI is InChI=1S/C23H22ClFN6OS/c24-17-9-13(1-3-18(17)25)28-22-20-15-2-4-19-16(21(15)33-23(20)27-12-26-22)11-31(29-19)8-7-30-6-5-14(32)10-30/h1,3,9,11-12,14,32H,2,4-8,10H2,(H,26,27,28)/t14-/m1/s1. The summed E-state index contributed by atoms with van der Waals surface area (Å²) >= 11 is 7.61. The Hall–Kier alpha value is -2.59. The maximum atomic E-state index is 13.6. The quantitative estimate of drug-likeness (QED) is 0.441. The monoisotopic (exact) mass is 484 g/mol. The molecule has 1 fully saturated rings. The van der Waals surface area contributed by atoms with Gasteiger partial charge in [-0.2, -0.15) is 5.10 Å². The summed E-state index contributed by atoms with van der Waals surface area (Å²) in [7, 11) is 0. The van der Waals surface area contributed by atoms with Crippen molar-refractivity contribution in [3.63, 3.8) is 0 Å². The number of rotatable bonds is 5. The van der Waals surface area contributed by atoms with Crippen LogP contribution in [0.3, 0.4) is 0 Å². The average Bonchev–Trinajstić information content (AvgIpc) is 3.50. The molecule has 1 atom stereocenters. The number of halogens is 2. The van der Waals surface area contributed by atoms with Gasteiger partial charge < -0.3 is 10.4 Å². The number of nitrogens with zero attached hydrogens (tertiary/aromatic N) is 5. The van der Waals surface area contributed by atoms with E-state index in [0.717, 1.165) is 66.9 Å². The maximum Gasteiger partial charge on any atom is 0.142 e. The number of nitrogens with one attached hydrogen (secondary N) is 1. The van der Waals surface area contributed by atoms with Crippen molar-refractivity contribution < 1.29 is 9.50 Å². The summed E-state index contributed by atoms with van der Waals surface area (Å²) in [5, 5.41) is 19.0. The number of aliphatic hydroxyl groups excluding tert-OH is 1. The number of thiophene rings is 1. The summed E-state index contributed by atoms with van der Waals surface area (Å²) in [6.45, 7) is 3.38. The van der Waals surface area contributed by atoms with Gasteiger partial charge >= 0.3 is 0 Å². The van der Waals surface area contributed by atoms with E-state index in [2.05, 4.69) is 26.4 Å². The molecule has 4 heterocycles. The second kappa shape index (κ2) is 8.32. The first-order valence-corrected chi connectivity index (χ1v) is 12.2. The Bertz CT molecular complexity index is 1350. The van der Waals surface area contributed by atoms with Gasteiger partial charge in [-0.05, 0) is 43.0 Å². The first kappa shape index (κ1) is 21.0. The minimum Gasteiger partial charge on any atom is -0.392 e. The lowest BCUT2D eigenvalue weighted by Gasteiger charge is -2.14. The fraction of sp³-hybridized carbons (Fsp3) is 0.348. The van der Waals surface area contributed by atoms with Gasteiger partial charge in [-0.15, -0.1) is 11.3 Å². The molecule has 1 aliphatic carbocycles. The van der Waals surface area contributed by atoms with Crippen molar-refractivity contribution in [3.8, 4) is 10.4 Å². The second-order valence-corrected chi connectivity index (χ2v) is 9.97. The summed E-state index contributed by atoms with van der Waals surface area (Å²) in [6.07, 6.45) is 6.06. The van der Waals surface area contributed by atoms with E-state index in [4.69, 9.17) is 16.7 Å². The Morgan fingerprint density at radius 2 is 2.15 bits per heavy atom. The van der Waals surface area contributed by atoms with Crippen LogP contribution >= 0.6 is 22.9 Å². The predicted molar refractivity (Wildman–Crippen MR) is 128 cm³/mol. The number of aliphatic hydroxyl groups is 1. The van der Waals surface area contributed by atoms with Crippen molar-refractivity contribution in [1.29, 1.82) is 0 Å². The van der Waals surface area contributed by atoms with Crippen LogP contribution in [0.5, 0.6) is 0 Å². The maximum absolute atomic E-state index is 13.6. The predicted octanol–water partition coefficient (Wildman–Crippen LogP) is 4.26. The van der Waals surface area contributed by atoms with E-state index in [1.165, 1.54) is 16.5 Å². The topological polar surface area (TPSA) is 79.1 Å². The third kappa shape index (κ3) is 3.89. The first-order chi connectivity index (χ1) is 16.0. The fourth-order valence-corrected chi connectivity index (χ4v) is 6.11. The summed E-state index contributed by atoms with van der Waals surface area (Å²) in [5.74, 6) is 0.247. The number of hydrogen-bond acceptors (Lipinski definition) is 7. The number of anilines is 2. The number of aromatic nitrogens is 4. The smallest absolute Gasteiger partial charge is 0.142 e. The minimum absolute atomic E-state index is 0.0677. The Kier molecular flexibility index (Phi) is 5.29. The van der Waals surface area contributed by atoms with Crippen molar-refractivity contribution in [1.82, 2.24) is 24.6 Å². The molecule has 3 aromatic heterocycles. The molecular formula is C23H22ClFN6OS. The van der Waals surface area contributed by atoms with Crippen LogP contribution < -0.4 is 5.32 Å². The Labute approximate surface area is 198 Å². The van der Waals surface area contributed by atoms with Crippen LogP contribution in [0.4, 0.5) is 15.9 Å². The Morgan fingerprint density at radius 1 is 1.24 bits per heavy atom. The third-order valence-corrected chi connectivity index (χ3v) is 7.82. The normalized spacial score (nSPS) is 18.0. The van der Waals surface area contributed by atoms with Crippen LogP contribution in [0.15, 0.2) is 30.7 Å². The summed E-state index contributed by atoms with van der Waals surface area (Å²) < 4.78 is 15.6. The van der Waals surface area contributed by atoms with Crippen molar-refractivity contribution in [3.05, 3.63) is 52.8 Å². The number of β-amino-alcohol motifs (C(OH)–C–C–N with tert-alkyl or cyclic N) is 1. The summed E-state index contributed by atoms with van der Waals surface area (Å²) in [4.78, 5) is 13.4. The summed E-state index contributed by atoms with van der Waals surface area (Å²) in [5.41, 5.74) is 4.18. The third-order valence-electron chi connectivity index (χ3n) is 6.36. The van der Waals surface area contributed by atoms with Crippen molar-refractivity contribution in [2.75, 3.05) is 25.0 Å². The molecule has 1 aromatic carbocycles. The molecule has 1 aliphatic heterocycles. The van der Waals surface area contributed by atoms with Crippen LogP contribution in [-0.4, -0.2) is 55.5 Å². The molecule has 4 aromatic rings. The van der Waals surface area contributed by atoms with Gasteiger partial charge in [0.15, 0.2) is 0 Å². The zero-order chi connectivity index (χ0) is 22.5. The Balaban J connectivity index is 1.31. The molecule has 2 N–H and O–H groups in total. The zero-order valence-corrected chi connectivity index (χ0v) is 19.3. The molecule has 10 heteroatoms. The van der Waals surface area contributed by atoms with Crippen LogP contribution in [0.25, 0.3) is 20.7 Å². The molecule has 0 amide bonds. The zero-order valence-electron chi connectivity index (χ0n) is 17.8. The number of benzene rings is 1. The highest BCUT2D eigenvalue weighted by molar-refractivity contribution is 7.22. The largest absolute Gasteiger partial charge is 0.392 e. The van der Waals surface area contributed by atoms with Gasteiger partial charge in [-0.1, -0.05) is 11.6 Å². The van der Waals surface area contributed by atoms with Crippen LogP contribution in [0.1, 0.15) is 17.7 Å². The van der Waals surface area contributed by atoms with E-state index in [1.54, 1.807) is 29.8 Å². The molecule has 0 spiro atoms. The number of likely N-dealkylation sites (tertiary alicyclic amines) is 1. The SMILES string of the molecule is O[C@@H]1CCN(CCn2cc3c(n2)CCc2c-3sc3ncnc(Nc4ccc(F)c(Cl)c4)c23)C1. The van der Waals surface area contributed by atoms with Crippen LogP contribution in [0.2, 0.25) is 5.02 Å². The van der Waals surface area contributed by atoms with E-state index < -0.39 is 5.82 Å². The van der Waals surface area contributed by atoms with Gasteiger partial charge in [0.05, 0.1) is 28.8 Å². The highest BCUT2D eigenvalue weighted by Gasteiger charge is 2.27. The molecule has 6 rings (SSSR count). The highest BCUT2D eigenvalue weighted by atomic mass is 35.5. The molecular weight excluding hydrogens is 463 g/mol. The van der Waals surface area contributed by atoms with E-state index in [1.807, 2.05) is 4.68 Å². The van der Waals surface area contributed by atoms with Crippen LogP contribution in [0, 0.1) is 5.82 Å². The fourth-order valence-electron chi connectivity index (χ4n) is 4.70. The van der Waals surface area contributed by atoms with E-state index in [9.17, 15) is 9.50 Å². The number of hydrogen-bond donors (Lipinski definition) is 2. The van der Waals surface area contributed by atoms with Crippen molar-refractivity contribution in [2.45, 2.75) is 31.9 Å². The summed E-state index contributed by atoms with van der Waals surface area (Å²) in [6, 6.07) is 4.55. The average molecular weight is 485 g/mol. The Morgan fingerprint density at radius 3 is 2.97 bits per heavy atom. The molecule has 2 aliphatic rings. The van der Waals surface area contributed by atoms with Gasteiger partial charge in [0.2, 0.25) is 0 Å². The molecule has 7 nitrogen and oxygen atoms in total. The number of aryl methyl sites for hydroxylation is 2. The van der Waals surface area contributed by atoms with Crippen molar-refractivity contribution >= 4 is 44.7 Å². The van der Waals surface area contributed by atoms with Gasteiger partial charge in [0.25, 0.3) is 0 Å². The highest BCUT2D eigenvalue weighted by Crippen LogP contribution is 2.45. The lowest BCUT2D eigenvalue weighted by molar-refractivity contribution is 0.174. The van der Waals surface area contributed by atoms with Crippen LogP contribution in [-0.2, 0) is 19.4 Å². The number of fused-ring (bicyclic) bond motifs is 5. The molecule has 0 radical (unpaired) electrons. The van der Waals surface area contributed by atoms with Gasteiger partial charge in [0.1, 0.15) is 22.8 Å². The molecule has 0 saturated carbocycles. The van der Waals surface area contributed by atoms with Gasteiger partial charge in [0, 0.05) is 42.0 Å². The second-order valence-electron chi connectivity index (χ2n) is 8.56. The molecule has 0 bridgehead atoms.